The Balaban J connectivity index is 2.36. The highest BCUT2D eigenvalue weighted by atomic mass is 127. The maximum atomic E-state index is 12.1. The molecular formula is C15H12INO4. The van der Waals surface area contributed by atoms with E-state index in [9.17, 15) is 9.59 Å². The van der Waals surface area contributed by atoms with Crippen LogP contribution in [-0.4, -0.2) is 19.0 Å². The Bertz CT molecular complexity index is 686. The number of hydrogen-bond acceptors (Lipinski definition) is 4. The minimum absolute atomic E-state index is 0.261. The fraction of sp³-hybridized carbons (Fsp3) is 0.0667. The lowest BCUT2D eigenvalue weighted by Crippen LogP contribution is -2.14. The Labute approximate surface area is 135 Å². The van der Waals surface area contributed by atoms with Gasteiger partial charge in [-0.2, -0.15) is 0 Å². The molecule has 0 unspecified atom stereocenters. The van der Waals surface area contributed by atoms with Gasteiger partial charge in [0.05, 0.1) is 16.2 Å². The molecule has 6 heteroatoms. The molecule has 1 amide bonds. The second-order valence-electron chi connectivity index (χ2n) is 4.11. The average Bonchev–Trinajstić information content (AvgIpc) is 2.49. The Morgan fingerprint density at radius 3 is 2.33 bits per heavy atom. The molecule has 0 saturated carbocycles. The standard InChI is InChI=1S/C15H12INO4/c1-20-12-8-10(14(17)18)7-11(16)13(12)21-15(19)9-5-3-2-4-6-9/h2-8H,1H3,(H2,17,18). The topological polar surface area (TPSA) is 78.6 Å². The molecule has 0 bridgehead atoms. The Hall–Kier alpha value is -2.09. The van der Waals surface area contributed by atoms with Crippen LogP contribution in [0.1, 0.15) is 20.7 Å². The lowest BCUT2D eigenvalue weighted by molar-refractivity contribution is 0.0728. The SMILES string of the molecule is COc1cc(C(N)=O)cc(I)c1OC(=O)c1ccccc1. The second kappa shape index (κ2) is 6.57. The van der Waals surface area contributed by atoms with Gasteiger partial charge in [0.15, 0.2) is 11.5 Å². The molecule has 0 aliphatic heterocycles. The Morgan fingerprint density at radius 2 is 1.76 bits per heavy atom. The monoisotopic (exact) mass is 397 g/mol. The van der Waals surface area contributed by atoms with Crippen LogP contribution in [0.3, 0.4) is 0 Å². The number of carbonyl (C=O) groups excluding carboxylic acids is 2. The van der Waals surface area contributed by atoms with Crippen molar-refractivity contribution in [1.29, 1.82) is 0 Å². The summed E-state index contributed by atoms with van der Waals surface area (Å²) in [4.78, 5) is 23.3. The predicted molar refractivity (Wildman–Crippen MR) is 85.6 cm³/mol. The molecule has 0 fully saturated rings. The van der Waals surface area contributed by atoms with E-state index < -0.39 is 11.9 Å². The average molecular weight is 397 g/mol. The van der Waals surface area contributed by atoms with E-state index in [0.717, 1.165) is 0 Å². The van der Waals surface area contributed by atoms with Crippen molar-refractivity contribution in [1.82, 2.24) is 0 Å². The molecule has 0 aliphatic rings. The van der Waals surface area contributed by atoms with Gasteiger partial charge in [-0.1, -0.05) is 18.2 Å². The minimum atomic E-state index is -0.577. The van der Waals surface area contributed by atoms with Crippen LogP contribution >= 0.6 is 22.6 Å². The molecule has 2 aromatic rings. The molecule has 2 rings (SSSR count). The maximum Gasteiger partial charge on any atom is 0.343 e. The van der Waals surface area contributed by atoms with E-state index in [0.29, 0.717) is 9.13 Å². The van der Waals surface area contributed by atoms with E-state index in [2.05, 4.69) is 0 Å². The second-order valence-corrected chi connectivity index (χ2v) is 5.27. The Morgan fingerprint density at radius 1 is 1.10 bits per heavy atom. The summed E-state index contributed by atoms with van der Waals surface area (Å²) in [5.41, 5.74) is 5.96. The smallest absolute Gasteiger partial charge is 0.343 e. The highest BCUT2D eigenvalue weighted by molar-refractivity contribution is 14.1. The van der Waals surface area contributed by atoms with Gasteiger partial charge in [-0.05, 0) is 46.9 Å². The third-order valence-corrected chi connectivity index (χ3v) is 3.52. The van der Waals surface area contributed by atoms with E-state index in [-0.39, 0.29) is 17.1 Å². The van der Waals surface area contributed by atoms with Crippen molar-refractivity contribution in [2.45, 2.75) is 0 Å². The first-order chi connectivity index (χ1) is 10.0. The summed E-state index contributed by atoms with van der Waals surface area (Å²) in [6.07, 6.45) is 0. The minimum Gasteiger partial charge on any atom is -0.493 e. The fourth-order valence-electron chi connectivity index (χ4n) is 1.69. The first kappa shape index (κ1) is 15.3. The van der Waals surface area contributed by atoms with Crippen molar-refractivity contribution in [3.05, 3.63) is 57.2 Å². The Kier molecular flexibility index (Phi) is 4.79. The predicted octanol–water partition coefficient (Wildman–Crippen LogP) is 2.62. The molecule has 0 atom stereocenters. The van der Waals surface area contributed by atoms with E-state index in [1.54, 1.807) is 30.3 Å². The number of rotatable bonds is 4. The van der Waals surface area contributed by atoms with Crippen molar-refractivity contribution in [2.75, 3.05) is 7.11 Å². The van der Waals surface area contributed by atoms with Crippen LogP contribution in [0, 0.1) is 3.57 Å². The molecular weight excluding hydrogens is 385 g/mol. The fourth-order valence-corrected chi connectivity index (χ4v) is 2.40. The normalized spacial score (nSPS) is 10.0. The summed E-state index contributed by atoms with van der Waals surface area (Å²) in [7, 11) is 1.43. The summed E-state index contributed by atoms with van der Waals surface area (Å²) in [6.45, 7) is 0. The van der Waals surface area contributed by atoms with Crippen molar-refractivity contribution >= 4 is 34.5 Å². The van der Waals surface area contributed by atoms with Crippen LogP contribution in [-0.2, 0) is 0 Å². The largest absolute Gasteiger partial charge is 0.493 e. The highest BCUT2D eigenvalue weighted by Gasteiger charge is 2.18. The number of hydrogen-bond donors (Lipinski definition) is 1. The van der Waals surface area contributed by atoms with E-state index in [1.807, 2.05) is 28.7 Å². The number of methoxy groups -OCH3 is 1. The number of nitrogens with two attached hydrogens (primary N) is 1. The van der Waals surface area contributed by atoms with Crippen LogP contribution in [0.2, 0.25) is 0 Å². The van der Waals surface area contributed by atoms with E-state index >= 15 is 0 Å². The summed E-state index contributed by atoms with van der Waals surface area (Å²) in [5.74, 6) is -0.539. The van der Waals surface area contributed by atoms with Gasteiger partial charge in [0, 0.05) is 5.56 Å². The van der Waals surface area contributed by atoms with Crippen LogP contribution in [0.25, 0.3) is 0 Å². The van der Waals surface area contributed by atoms with Gasteiger partial charge in [0.2, 0.25) is 5.91 Å². The molecule has 0 aromatic heterocycles. The summed E-state index contributed by atoms with van der Waals surface area (Å²) >= 11 is 1.96. The summed E-state index contributed by atoms with van der Waals surface area (Å²) < 4.78 is 11.1. The van der Waals surface area contributed by atoms with Crippen molar-refractivity contribution in [2.24, 2.45) is 5.73 Å². The number of carbonyl (C=O) groups is 2. The van der Waals surface area contributed by atoms with E-state index in [1.165, 1.54) is 13.2 Å². The zero-order chi connectivity index (χ0) is 15.4. The number of halogens is 1. The van der Waals surface area contributed by atoms with Gasteiger partial charge in [0.1, 0.15) is 0 Å². The third kappa shape index (κ3) is 3.52. The van der Waals surface area contributed by atoms with Crippen LogP contribution in [0.15, 0.2) is 42.5 Å². The van der Waals surface area contributed by atoms with Gasteiger partial charge >= 0.3 is 5.97 Å². The quantitative estimate of drug-likeness (QED) is 0.489. The first-order valence-corrected chi connectivity index (χ1v) is 7.05. The molecule has 2 N–H and O–H groups in total. The summed E-state index contributed by atoms with van der Waals surface area (Å²) in [5, 5.41) is 0. The molecule has 0 saturated heterocycles. The maximum absolute atomic E-state index is 12.1. The van der Waals surface area contributed by atoms with Crippen molar-refractivity contribution < 1.29 is 19.1 Å². The van der Waals surface area contributed by atoms with Crippen LogP contribution in [0.5, 0.6) is 11.5 Å². The number of esters is 1. The highest BCUT2D eigenvalue weighted by Crippen LogP contribution is 2.34. The van der Waals surface area contributed by atoms with E-state index in [4.69, 9.17) is 15.2 Å². The molecule has 108 valence electrons. The van der Waals surface area contributed by atoms with Gasteiger partial charge in [-0.3, -0.25) is 4.79 Å². The number of primary amides is 1. The molecule has 5 nitrogen and oxygen atoms in total. The molecule has 2 aromatic carbocycles. The van der Waals surface area contributed by atoms with Crippen LogP contribution in [0.4, 0.5) is 0 Å². The molecule has 0 spiro atoms. The first-order valence-electron chi connectivity index (χ1n) is 5.97. The van der Waals surface area contributed by atoms with Gasteiger partial charge in [0.25, 0.3) is 0 Å². The number of ether oxygens (including phenoxy) is 2. The lowest BCUT2D eigenvalue weighted by atomic mass is 10.2. The number of amides is 1. The molecule has 0 aliphatic carbocycles. The third-order valence-electron chi connectivity index (χ3n) is 2.72. The van der Waals surface area contributed by atoms with Gasteiger partial charge in [-0.15, -0.1) is 0 Å². The molecule has 0 heterocycles. The zero-order valence-corrected chi connectivity index (χ0v) is 13.3. The zero-order valence-electron chi connectivity index (χ0n) is 11.1. The van der Waals surface area contributed by atoms with Gasteiger partial charge < -0.3 is 15.2 Å². The van der Waals surface area contributed by atoms with Gasteiger partial charge in [-0.25, -0.2) is 4.79 Å². The summed E-state index contributed by atoms with van der Waals surface area (Å²) in [6, 6.07) is 11.6. The van der Waals surface area contributed by atoms with Crippen molar-refractivity contribution in [3.63, 3.8) is 0 Å². The lowest BCUT2D eigenvalue weighted by Gasteiger charge is -2.12. The molecule has 0 radical (unpaired) electrons. The number of benzene rings is 2. The van der Waals surface area contributed by atoms with Crippen LogP contribution < -0.4 is 15.2 Å². The molecule has 21 heavy (non-hydrogen) atoms. The van der Waals surface area contributed by atoms with Crippen molar-refractivity contribution in [3.8, 4) is 11.5 Å².